The molecule has 0 aliphatic heterocycles. The molecule has 1 amide bonds. The maximum absolute atomic E-state index is 13.3. The predicted octanol–water partition coefficient (Wildman–Crippen LogP) is 4.14. The lowest BCUT2D eigenvalue weighted by molar-refractivity contribution is 0.0990. The third kappa shape index (κ3) is 3.85. The molecule has 5 aromatic rings. The number of H-pyrrole nitrogens is 1. The fourth-order valence-electron chi connectivity index (χ4n) is 5.09. The van der Waals surface area contributed by atoms with Crippen molar-refractivity contribution in [3.63, 3.8) is 0 Å². The van der Waals surface area contributed by atoms with E-state index in [1.165, 1.54) is 0 Å². The minimum atomic E-state index is -0.335. The molecule has 0 spiro atoms. The number of rotatable bonds is 3. The summed E-state index contributed by atoms with van der Waals surface area (Å²) in [7, 11) is 1.95. The van der Waals surface area contributed by atoms with Crippen LogP contribution in [0, 0.1) is 0 Å². The zero-order valence-electron chi connectivity index (χ0n) is 19.4. The summed E-state index contributed by atoms with van der Waals surface area (Å²) in [5, 5.41) is 9.98. The van der Waals surface area contributed by atoms with Crippen molar-refractivity contribution in [2.24, 2.45) is 12.0 Å². The first-order chi connectivity index (χ1) is 17.1. The molecule has 0 unspecified atom stereocenters. The zero-order valence-corrected chi connectivity index (χ0v) is 19.4. The van der Waals surface area contributed by atoms with Crippen LogP contribution in [0.1, 0.15) is 42.1 Å². The molecule has 3 aromatic heterocycles. The van der Waals surface area contributed by atoms with Gasteiger partial charge < -0.3 is 19.2 Å². The lowest BCUT2D eigenvalue weighted by atomic mass is 9.93. The van der Waals surface area contributed by atoms with Gasteiger partial charge in [-0.25, -0.2) is 4.98 Å². The monoisotopic (exact) mass is 466 g/mol. The summed E-state index contributed by atoms with van der Waals surface area (Å²) in [6, 6.07) is 17.6. The third-order valence-corrected chi connectivity index (χ3v) is 6.91. The number of nitrogens with one attached hydrogen (secondary N) is 1. The van der Waals surface area contributed by atoms with Gasteiger partial charge >= 0.3 is 0 Å². The van der Waals surface area contributed by atoms with Crippen LogP contribution in [0.5, 0.6) is 0 Å². The van der Waals surface area contributed by atoms with Crippen LogP contribution in [0.15, 0.2) is 72.1 Å². The van der Waals surface area contributed by atoms with Crippen LogP contribution >= 0.6 is 0 Å². The van der Waals surface area contributed by atoms with Gasteiger partial charge in [0, 0.05) is 30.4 Å². The molecular formula is C27H26N6O2. The van der Waals surface area contributed by atoms with E-state index < -0.39 is 0 Å². The van der Waals surface area contributed by atoms with Crippen molar-refractivity contribution in [1.29, 1.82) is 0 Å². The molecule has 8 heteroatoms. The molecule has 1 aliphatic carbocycles. The lowest BCUT2D eigenvalue weighted by Gasteiger charge is -2.27. The van der Waals surface area contributed by atoms with Gasteiger partial charge in [0.2, 0.25) is 5.62 Å². The minimum absolute atomic E-state index is 0.177. The third-order valence-electron chi connectivity index (χ3n) is 6.91. The van der Waals surface area contributed by atoms with E-state index in [4.69, 9.17) is 0 Å². The highest BCUT2D eigenvalue weighted by Gasteiger charge is 2.23. The number of imidazole rings is 2. The van der Waals surface area contributed by atoms with E-state index in [0.29, 0.717) is 16.9 Å². The van der Waals surface area contributed by atoms with E-state index in [1.807, 2.05) is 54.1 Å². The SMILES string of the molecule is Cn1cnc2c(-c3cc(C(=O)/N=c4\[nH]c5ccccc5n4[C@H]4CC[C@@H](O)CC4)ccn3)cccc21. The van der Waals surface area contributed by atoms with Gasteiger partial charge in [-0.1, -0.05) is 24.3 Å². The largest absolute Gasteiger partial charge is 0.393 e. The number of amides is 1. The van der Waals surface area contributed by atoms with Gasteiger partial charge in [0.15, 0.2) is 0 Å². The second-order valence-electron chi connectivity index (χ2n) is 9.17. The Morgan fingerprint density at radius 1 is 1.03 bits per heavy atom. The maximum atomic E-state index is 13.3. The number of aryl methyl sites for hydroxylation is 1. The molecule has 1 fully saturated rings. The van der Waals surface area contributed by atoms with E-state index in [2.05, 4.69) is 24.5 Å². The van der Waals surface area contributed by atoms with E-state index in [1.54, 1.807) is 24.7 Å². The molecule has 1 saturated carbocycles. The van der Waals surface area contributed by atoms with Crippen molar-refractivity contribution in [2.75, 3.05) is 0 Å². The number of aliphatic hydroxyl groups excluding tert-OH is 1. The molecular weight excluding hydrogens is 440 g/mol. The number of benzene rings is 2. The van der Waals surface area contributed by atoms with Crippen molar-refractivity contribution in [3.05, 3.63) is 78.3 Å². The second kappa shape index (κ2) is 8.63. The molecule has 1 aliphatic rings. The summed E-state index contributed by atoms with van der Waals surface area (Å²) < 4.78 is 4.08. The number of aliphatic hydroxyl groups is 1. The Kier molecular flexibility index (Phi) is 5.30. The number of hydrogen-bond acceptors (Lipinski definition) is 4. The number of nitrogens with zero attached hydrogens (tertiary/aromatic N) is 5. The van der Waals surface area contributed by atoms with Gasteiger partial charge in [-0.3, -0.25) is 9.78 Å². The number of carbonyl (C=O) groups is 1. The first-order valence-electron chi connectivity index (χ1n) is 11.9. The van der Waals surface area contributed by atoms with E-state index >= 15 is 0 Å². The predicted molar refractivity (Wildman–Crippen MR) is 134 cm³/mol. The molecule has 2 N–H and O–H groups in total. The van der Waals surface area contributed by atoms with Gasteiger partial charge in [0.25, 0.3) is 5.91 Å². The summed E-state index contributed by atoms with van der Waals surface area (Å²) in [4.78, 5) is 30.2. The summed E-state index contributed by atoms with van der Waals surface area (Å²) in [5.74, 6) is -0.335. The smallest absolute Gasteiger partial charge is 0.280 e. The summed E-state index contributed by atoms with van der Waals surface area (Å²) in [5.41, 5.74) is 6.34. The topological polar surface area (TPSA) is 101 Å². The summed E-state index contributed by atoms with van der Waals surface area (Å²) in [6.45, 7) is 0. The normalized spacial score (nSPS) is 19.0. The fourth-order valence-corrected chi connectivity index (χ4v) is 5.09. The number of hydrogen-bond donors (Lipinski definition) is 2. The van der Waals surface area contributed by atoms with Crippen molar-refractivity contribution >= 4 is 28.0 Å². The minimum Gasteiger partial charge on any atom is -0.393 e. The lowest BCUT2D eigenvalue weighted by Crippen LogP contribution is -2.29. The number of pyridine rings is 1. The van der Waals surface area contributed by atoms with Crippen molar-refractivity contribution < 1.29 is 9.90 Å². The summed E-state index contributed by atoms with van der Waals surface area (Å²) in [6.07, 6.45) is 6.35. The molecule has 3 heterocycles. The van der Waals surface area contributed by atoms with Crippen LogP contribution in [0.2, 0.25) is 0 Å². The first kappa shape index (κ1) is 21.5. The fraction of sp³-hybridized carbons (Fsp3) is 0.259. The van der Waals surface area contributed by atoms with Crippen LogP contribution in [-0.4, -0.2) is 41.2 Å². The van der Waals surface area contributed by atoms with Crippen LogP contribution in [0.3, 0.4) is 0 Å². The Balaban J connectivity index is 1.42. The highest BCUT2D eigenvalue weighted by molar-refractivity contribution is 5.97. The van der Waals surface area contributed by atoms with Crippen molar-refractivity contribution in [3.8, 4) is 11.3 Å². The van der Waals surface area contributed by atoms with Gasteiger partial charge in [0.1, 0.15) is 0 Å². The zero-order chi connectivity index (χ0) is 23.9. The van der Waals surface area contributed by atoms with Crippen LogP contribution in [0.25, 0.3) is 33.3 Å². The van der Waals surface area contributed by atoms with Crippen LogP contribution in [-0.2, 0) is 7.05 Å². The molecule has 0 saturated heterocycles. The molecule has 35 heavy (non-hydrogen) atoms. The Morgan fingerprint density at radius 2 is 1.83 bits per heavy atom. The van der Waals surface area contributed by atoms with Crippen LogP contribution in [0.4, 0.5) is 0 Å². The van der Waals surface area contributed by atoms with E-state index in [0.717, 1.165) is 53.3 Å². The number of aromatic amines is 1. The highest BCUT2D eigenvalue weighted by Crippen LogP contribution is 2.30. The Hall–Kier alpha value is -4.04. The second-order valence-corrected chi connectivity index (χ2v) is 9.17. The average molecular weight is 467 g/mol. The number of para-hydroxylation sites is 3. The molecule has 2 aromatic carbocycles. The summed E-state index contributed by atoms with van der Waals surface area (Å²) >= 11 is 0. The molecule has 6 rings (SSSR count). The quantitative estimate of drug-likeness (QED) is 0.417. The standard InChI is InChI=1S/C27H26N6O2/c1-32-16-29-25-20(5-4-8-24(25)32)22-15-17(13-14-28-22)26(35)31-27-30-21-6-2-3-7-23(21)33(27)18-9-11-19(34)12-10-18/h2-8,13-16,18-19,34H,9-12H2,1H3,(H,30,31,35)/t18-,19+. The van der Waals surface area contributed by atoms with Crippen molar-refractivity contribution in [1.82, 2.24) is 24.1 Å². The van der Waals surface area contributed by atoms with E-state index in [9.17, 15) is 9.90 Å². The Morgan fingerprint density at radius 3 is 2.69 bits per heavy atom. The molecule has 176 valence electrons. The van der Waals surface area contributed by atoms with Gasteiger partial charge in [-0.15, -0.1) is 0 Å². The number of fused-ring (bicyclic) bond motifs is 2. The Bertz CT molecular complexity index is 1620. The maximum Gasteiger partial charge on any atom is 0.280 e. The van der Waals surface area contributed by atoms with Gasteiger partial charge in [-0.05, 0) is 56.0 Å². The average Bonchev–Trinajstić information content (AvgIpc) is 3.45. The molecule has 8 nitrogen and oxygen atoms in total. The number of aromatic nitrogens is 5. The molecule has 0 radical (unpaired) electrons. The van der Waals surface area contributed by atoms with Crippen LogP contribution < -0.4 is 5.62 Å². The van der Waals surface area contributed by atoms with Crippen molar-refractivity contribution in [2.45, 2.75) is 37.8 Å². The molecule has 0 bridgehead atoms. The highest BCUT2D eigenvalue weighted by atomic mass is 16.3. The number of carbonyl (C=O) groups excluding carboxylic acids is 1. The van der Waals surface area contributed by atoms with Gasteiger partial charge in [0.05, 0.1) is 40.2 Å². The first-order valence-corrected chi connectivity index (χ1v) is 11.9. The molecule has 0 atom stereocenters. The van der Waals surface area contributed by atoms with Gasteiger partial charge in [-0.2, -0.15) is 4.99 Å². The van der Waals surface area contributed by atoms with E-state index in [-0.39, 0.29) is 18.1 Å². The Labute approximate surface area is 201 Å².